The summed E-state index contributed by atoms with van der Waals surface area (Å²) in [4.78, 5) is 28.2. The van der Waals surface area contributed by atoms with Gasteiger partial charge in [-0.3, -0.25) is 10.1 Å². The number of cyclic esters (lactones) is 1. The highest BCUT2D eigenvalue weighted by Crippen LogP contribution is 2.28. The fraction of sp³-hybridized carbons (Fsp3) is 0.136. The molecule has 0 unspecified atom stereocenters. The fourth-order valence-electron chi connectivity index (χ4n) is 3.20. The molecule has 1 atom stereocenters. The van der Waals surface area contributed by atoms with Crippen molar-refractivity contribution in [2.75, 3.05) is 0 Å². The summed E-state index contributed by atoms with van der Waals surface area (Å²) in [6, 6.07) is 17.1. The van der Waals surface area contributed by atoms with E-state index in [4.69, 9.17) is 13.9 Å². The minimum atomic E-state index is -0.780. The van der Waals surface area contributed by atoms with Crippen molar-refractivity contribution in [1.29, 1.82) is 0 Å². The van der Waals surface area contributed by atoms with Crippen LogP contribution in [0.25, 0.3) is 21.9 Å². The Bertz CT molecular complexity index is 1210. The fourth-order valence-corrected chi connectivity index (χ4v) is 3.85. The number of amides is 2. The molecule has 3 heterocycles. The smallest absolute Gasteiger partial charge is 0.414 e. The van der Waals surface area contributed by atoms with Gasteiger partial charge in [0.2, 0.25) is 5.89 Å². The number of rotatable bonds is 6. The number of imide groups is 1. The van der Waals surface area contributed by atoms with Gasteiger partial charge in [-0.15, -0.1) is 11.3 Å². The first-order chi connectivity index (χ1) is 14.6. The average Bonchev–Trinajstić information content (AvgIpc) is 3.47. The van der Waals surface area contributed by atoms with Crippen LogP contribution in [0.15, 0.2) is 64.4 Å². The van der Waals surface area contributed by atoms with Crippen molar-refractivity contribution in [2.45, 2.75) is 19.1 Å². The Hall–Kier alpha value is -3.65. The van der Waals surface area contributed by atoms with E-state index in [9.17, 15) is 9.59 Å². The van der Waals surface area contributed by atoms with E-state index in [0.717, 1.165) is 27.1 Å². The highest BCUT2D eigenvalue weighted by Gasteiger charge is 2.31. The minimum absolute atomic E-state index is 0.327. The van der Waals surface area contributed by atoms with Gasteiger partial charge in [0.25, 0.3) is 5.91 Å². The van der Waals surface area contributed by atoms with Crippen LogP contribution in [-0.4, -0.2) is 23.1 Å². The van der Waals surface area contributed by atoms with Crippen LogP contribution in [0.4, 0.5) is 4.79 Å². The normalized spacial score (nSPS) is 15.9. The molecule has 8 heteroatoms. The van der Waals surface area contributed by atoms with Crippen LogP contribution in [0.5, 0.6) is 5.75 Å². The van der Waals surface area contributed by atoms with Gasteiger partial charge in [0.05, 0.1) is 4.88 Å². The van der Waals surface area contributed by atoms with Gasteiger partial charge >= 0.3 is 6.09 Å². The second kappa shape index (κ2) is 7.64. The van der Waals surface area contributed by atoms with Crippen molar-refractivity contribution < 1.29 is 23.5 Å². The topological polar surface area (TPSA) is 90.7 Å². The summed E-state index contributed by atoms with van der Waals surface area (Å²) in [5, 5.41) is 4.11. The van der Waals surface area contributed by atoms with Crippen LogP contribution in [0.1, 0.15) is 11.1 Å². The Morgan fingerprint density at radius 1 is 1.07 bits per heavy atom. The summed E-state index contributed by atoms with van der Waals surface area (Å²) in [7, 11) is 0. The van der Waals surface area contributed by atoms with Gasteiger partial charge in [-0.1, -0.05) is 24.3 Å². The molecular formula is C22H16N2O5S. The van der Waals surface area contributed by atoms with E-state index >= 15 is 0 Å². The molecule has 150 valence electrons. The van der Waals surface area contributed by atoms with E-state index < -0.39 is 18.1 Å². The van der Waals surface area contributed by atoms with Gasteiger partial charge in [0, 0.05) is 6.42 Å². The number of carbonyl (C=O) groups excluding carboxylic acids is 2. The Morgan fingerprint density at radius 2 is 1.90 bits per heavy atom. The molecule has 2 aromatic carbocycles. The van der Waals surface area contributed by atoms with E-state index in [1.165, 1.54) is 0 Å². The molecule has 0 saturated carbocycles. The lowest BCUT2D eigenvalue weighted by molar-refractivity contribution is -0.123. The molecule has 2 amide bonds. The van der Waals surface area contributed by atoms with Crippen LogP contribution in [0, 0.1) is 0 Å². The number of hydrogen-bond donors (Lipinski definition) is 1. The number of ether oxygens (including phenoxy) is 2. The molecule has 5 rings (SSSR count). The zero-order valence-corrected chi connectivity index (χ0v) is 16.5. The maximum Gasteiger partial charge on any atom is 0.414 e. The summed E-state index contributed by atoms with van der Waals surface area (Å²) >= 11 is 1.59. The summed E-state index contributed by atoms with van der Waals surface area (Å²) in [6.45, 7) is 0.388. The first kappa shape index (κ1) is 18.4. The number of benzene rings is 2. The highest BCUT2D eigenvalue weighted by molar-refractivity contribution is 7.13. The van der Waals surface area contributed by atoms with Gasteiger partial charge in [-0.05, 0) is 46.8 Å². The standard InChI is InChI=1S/C22H16N2O5S/c25-20-18(29-22(26)24-20)11-13-3-6-15(7-4-13)27-12-14-5-8-17-16(10-14)23-21(28-17)19-2-1-9-30-19/h1-10,18H,11-12H2,(H,24,25,26)/t18-/m1/s1. The monoisotopic (exact) mass is 420 g/mol. The number of oxazole rings is 1. The minimum Gasteiger partial charge on any atom is -0.489 e. The molecule has 2 aromatic heterocycles. The lowest BCUT2D eigenvalue weighted by atomic mass is 10.1. The molecule has 0 aliphatic carbocycles. The molecule has 1 aliphatic rings. The molecule has 1 saturated heterocycles. The molecule has 0 radical (unpaired) electrons. The van der Waals surface area contributed by atoms with Crippen LogP contribution < -0.4 is 10.1 Å². The molecule has 30 heavy (non-hydrogen) atoms. The van der Waals surface area contributed by atoms with Crippen molar-refractivity contribution in [2.24, 2.45) is 0 Å². The molecular weight excluding hydrogens is 404 g/mol. The summed E-state index contributed by atoms with van der Waals surface area (Å²) in [6.07, 6.45) is -1.15. The van der Waals surface area contributed by atoms with Crippen LogP contribution in [0.2, 0.25) is 0 Å². The Balaban J connectivity index is 1.23. The molecule has 1 aliphatic heterocycles. The number of nitrogens with one attached hydrogen (secondary N) is 1. The Morgan fingerprint density at radius 3 is 2.63 bits per heavy atom. The first-order valence-electron chi connectivity index (χ1n) is 9.30. The number of thiophene rings is 1. The summed E-state index contributed by atoms with van der Waals surface area (Å²) < 4.78 is 16.6. The number of carbonyl (C=O) groups is 2. The number of fused-ring (bicyclic) bond motifs is 1. The zero-order chi connectivity index (χ0) is 20.5. The van der Waals surface area contributed by atoms with E-state index in [0.29, 0.717) is 24.7 Å². The SMILES string of the molecule is O=C1NC(=O)[C@@H](Cc2ccc(OCc3ccc4oc(-c5cccs5)nc4c3)cc2)O1. The Kier molecular flexibility index (Phi) is 4.68. The highest BCUT2D eigenvalue weighted by atomic mass is 32.1. The number of hydrogen-bond acceptors (Lipinski definition) is 7. The number of aromatic nitrogens is 1. The van der Waals surface area contributed by atoms with E-state index in [1.807, 2.05) is 60.0 Å². The van der Waals surface area contributed by atoms with Crippen molar-refractivity contribution in [3.8, 4) is 16.5 Å². The lowest BCUT2D eigenvalue weighted by Gasteiger charge is -2.09. The summed E-state index contributed by atoms with van der Waals surface area (Å²) in [5.41, 5.74) is 3.39. The predicted molar refractivity (Wildman–Crippen MR) is 110 cm³/mol. The molecule has 4 aromatic rings. The molecule has 7 nitrogen and oxygen atoms in total. The predicted octanol–water partition coefficient (Wildman–Crippen LogP) is 4.31. The maximum atomic E-state index is 11.6. The van der Waals surface area contributed by atoms with Gasteiger partial charge in [0.15, 0.2) is 11.7 Å². The van der Waals surface area contributed by atoms with Crippen LogP contribution in [0.3, 0.4) is 0 Å². The molecule has 0 spiro atoms. The maximum absolute atomic E-state index is 11.6. The van der Waals surface area contributed by atoms with Gasteiger partial charge < -0.3 is 13.9 Å². The number of nitrogens with zero attached hydrogens (tertiary/aromatic N) is 1. The van der Waals surface area contributed by atoms with E-state index in [-0.39, 0.29) is 0 Å². The summed E-state index contributed by atoms with van der Waals surface area (Å²) in [5.74, 6) is 0.909. The van der Waals surface area contributed by atoms with Crippen molar-refractivity contribution in [3.63, 3.8) is 0 Å². The van der Waals surface area contributed by atoms with E-state index in [1.54, 1.807) is 11.3 Å². The number of alkyl carbamates (subject to hydrolysis) is 1. The van der Waals surface area contributed by atoms with Crippen molar-refractivity contribution in [1.82, 2.24) is 10.3 Å². The third-order valence-electron chi connectivity index (χ3n) is 4.70. The molecule has 0 bridgehead atoms. The molecule has 1 fully saturated rings. The van der Waals surface area contributed by atoms with Gasteiger partial charge in [-0.2, -0.15) is 0 Å². The second-order valence-electron chi connectivity index (χ2n) is 6.82. The van der Waals surface area contributed by atoms with Crippen molar-refractivity contribution in [3.05, 3.63) is 71.1 Å². The zero-order valence-electron chi connectivity index (χ0n) is 15.7. The van der Waals surface area contributed by atoms with Crippen LogP contribution in [-0.2, 0) is 22.6 Å². The lowest BCUT2D eigenvalue weighted by Crippen LogP contribution is -2.25. The van der Waals surface area contributed by atoms with Crippen molar-refractivity contribution >= 4 is 34.4 Å². The van der Waals surface area contributed by atoms with E-state index in [2.05, 4.69) is 10.3 Å². The largest absolute Gasteiger partial charge is 0.489 e. The first-order valence-corrected chi connectivity index (χ1v) is 10.2. The third-order valence-corrected chi connectivity index (χ3v) is 5.56. The van der Waals surface area contributed by atoms with Crippen LogP contribution >= 0.6 is 11.3 Å². The second-order valence-corrected chi connectivity index (χ2v) is 7.77. The Labute approximate surface area is 175 Å². The third kappa shape index (κ3) is 3.77. The molecule has 1 N–H and O–H groups in total. The van der Waals surface area contributed by atoms with Gasteiger partial charge in [-0.25, -0.2) is 9.78 Å². The average molecular weight is 420 g/mol. The van der Waals surface area contributed by atoms with Gasteiger partial charge in [0.1, 0.15) is 17.9 Å². The quantitative estimate of drug-likeness (QED) is 0.500.